The third-order valence-electron chi connectivity index (χ3n) is 2.71. The molecule has 0 bridgehead atoms. The largest absolute Gasteiger partial charge is 0.322 e. The average molecular weight is 248 g/mol. The predicted octanol–water partition coefficient (Wildman–Crippen LogP) is 2.42. The zero-order valence-electron chi connectivity index (χ0n) is 11.4. The van der Waals surface area contributed by atoms with Crippen LogP contribution in [0.3, 0.4) is 0 Å². The minimum atomic E-state index is -0.588. The molecule has 1 N–H and O–H groups in total. The molecule has 1 amide bonds. The molecule has 98 valence electrons. The highest BCUT2D eigenvalue weighted by molar-refractivity contribution is 5.94. The molecule has 0 aliphatic carbocycles. The standard InChI is InChI=1S/C13H20N4O/c1-5-6-10(7-14)13(18)15-11-8-17(4)16-12(11)9(2)3/h8-10H,5-6H2,1-4H3,(H,15,18). The summed E-state index contributed by atoms with van der Waals surface area (Å²) in [4.78, 5) is 11.9. The molecule has 1 rings (SSSR count). The van der Waals surface area contributed by atoms with Crippen molar-refractivity contribution in [2.45, 2.75) is 39.5 Å². The Morgan fingerprint density at radius 2 is 2.28 bits per heavy atom. The molecule has 18 heavy (non-hydrogen) atoms. The van der Waals surface area contributed by atoms with Crippen LogP contribution in [0.15, 0.2) is 6.20 Å². The van der Waals surface area contributed by atoms with E-state index in [-0.39, 0.29) is 11.8 Å². The SMILES string of the molecule is CCCC(C#N)C(=O)Nc1cn(C)nc1C(C)C. The van der Waals surface area contributed by atoms with E-state index in [0.717, 1.165) is 12.1 Å². The summed E-state index contributed by atoms with van der Waals surface area (Å²) in [6.45, 7) is 6.00. The lowest BCUT2D eigenvalue weighted by molar-refractivity contribution is -0.118. The van der Waals surface area contributed by atoms with Crippen LogP contribution in [0.5, 0.6) is 0 Å². The molecular formula is C13H20N4O. The Bertz CT molecular complexity index is 456. The van der Waals surface area contributed by atoms with Crippen LogP contribution in [-0.2, 0) is 11.8 Å². The molecule has 0 saturated heterocycles. The zero-order chi connectivity index (χ0) is 13.7. The van der Waals surface area contributed by atoms with Crippen molar-refractivity contribution in [3.63, 3.8) is 0 Å². The number of anilines is 1. The molecule has 1 aromatic heterocycles. The highest BCUT2D eigenvalue weighted by Crippen LogP contribution is 2.22. The summed E-state index contributed by atoms with van der Waals surface area (Å²) in [5.41, 5.74) is 1.55. The van der Waals surface area contributed by atoms with Crippen molar-refractivity contribution < 1.29 is 4.79 Å². The van der Waals surface area contributed by atoms with E-state index in [2.05, 4.69) is 10.4 Å². The van der Waals surface area contributed by atoms with Gasteiger partial charge in [-0.05, 0) is 12.3 Å². The van der Waals surface area contributed by atoms with Crippen molar-refractivity contribution in [3.8, 4) is 6.07 Å². The maximum atomic E-state index is 11.9. The molecule has 0 saturated carbocycles. The van der Waals surface area contributed by atoms with Gasteiger partial charge in [0, 0.05) is 13.2 Å². The Morgan fingerprint density at radius 3 is 2.78 bits per heavy atom. The third kappa shape index (κ3) is 3.33. The number of hydrogen-bond acceptors (Lipinski definition) is 3. The molecule has 0 aliphatic heterocycles. The summed E-state index contributed by atoms with van der Waals surface area (Å²) in [7, 11) is 1.81. The van der Waals surface area contributed by atoms with Gasteiger partial charge in [-0.1, -0.05) is 27.2 Å². The Morgan fingerprint density at radius 1 is 1.61 bits per heavy atom. The lowest BCUT2D eigenvalue weighted by atomic mass is 10.0. The second kappa shape index (κ2) is 6.20. The highest BCUT2D eigenvalue weighted by Gasteiger charge is 2.20. The van der Waals surface area contributed by atoms with Crippen molar-refractivity contribution in [3.05, 3.63) is 11.9 Å². The van der Waals surface area contributed by atoms with E-state index in [9.17, 15) is 4.79 Å². The summed E-state index contributed by atoms with van der Waals surface area (Å²) in [6, 6.07) is 2.04. The van der Waals surface area contributed by atoms with Gasteiger partial charge in [-0.15, -0.1) is 0 Å². The molecule has 1 atom stereocenters. The van der Waals surface area contributed by atoms with Gasteiger partial charge in [-0.2, -0.15) is 10.4 Å². The monoisotopic (exact) mass is 248 g/mol. The fourth-order valence-electron chi connectivity index (χ4n) is 1.79. The number of rotatable bonds is 5. The topological polar surface area (TPSA) is 70.7 Å². The first-order valence-corrected chi connectivity index (χ1v) is 6.23. The van der Waals surface area contributed by atoms with E-state index in [0.29, 0.717) is 12.1 Å². The van der Waals surface area contributed by atoms with Crippen molar-refractivity contribution in [2.75, 3.05) is 5.32 Å². The van der Waals surface area contributed by atoms with Gasteiger partial charge in [0.15, 0.2) is 0 Å². The quantitative estimate of drug-likeness (QED) is 0.869. The summed E-state index contributed by atoms with van der Waals surface area (Å²) in [6.07, 6.45) is 3.17. The van der Waals surface area contributed by atoms with Crippen LogP contribution in [0, 0.1) is 17.2 Å². The predicted molar refractivity (Wildman–Crippen MR) is 69.9 cm³/mol. The maximum Gasteiger partial charge on any atom is 0.241 e. The van der Waals surface area contributed by atoms with Crippen LogP contribution in [0.1, 0.15) is 45.2 Å². The first-order valence-electron chi connectivity index (χ1n) is 6.23. The number of carbonyl (C=O) groups excluding carboxylic acids is 1. The molecular weight excluding hydrogens is 228 g/mol. The highest BCUT2D eigenvalue weighted by atomic mass is 16.1. The summed E-state index contributed by atoms with van der Waals surface area (Å²) in [5.74, 6) is -0.599. The molecule has 0 radical (unpaired) electrons. The smallest absolute Gasteiger partial charge is 0.241 e. The van der Waals surface area contributed by atoms with Crippen LogP contribution in [-0.4, -0.2) is 15.7 Å². The number of carbonyl (C=O) groups is 1. The van der Waals surface area contributed by atoms with Gasteiger partial charge >= 0.3 is 0 Å². The van der Waals surface area contributed by atoms with Crippen molar-refractivity contribution in [1.29, 1.82) is 5.26 Å². The molecule has 0 aromatic carbocycles. The van der Waals surface area contributed by atoms with E-state index in [1.54, 1.807) is 10.9 Å². The lowest BCUT2D eigenvalue weighted by Crippen LogP contribution is -2.22. The molecule has 1 aromatic rings. The number of nitriles is 1. The van der Waals surface area contributed by atoms with Crippen molar-refractivity contribution in [2.24, 2.45) is 13.0 Å². The van der Waals surface area contributed by atoms with E-state index >= 15 is 0 Å². The van der Waals surface area contributed by atoms with E-state index in [1.807, 2.05) is 33.9 Å². The van der Waals surface area contributed by atoms with Gasteiger partial charge < -0.3 is 5.32 Å². The maximum absolute atomic E-state index is 11.9. The number of nitrogens with zero attached hydrogens (tertiary/aromatic N) is 3. The second-order valence-electron chi connectivity index (χ2n) is 4.72. The number of aryl methyl sites for hydroxylation is 1. The summed E-state index contributed by atoms with van der Waals surface area (Å²) < 4.78 is 1.67. The molecule has 1 heterocycles. The van der Waals surface area contributed by atoms with Gasteiger partial charge in [0.2, 0.25) is 5.91 Å². The van der Waals surface area contributed by atoms with Crippen molar-refractivity contribution >= 4 is 11.6 Å². The molecule has 1 unspecified atom stereocenters. The number of amides is 1. The number of nitrogens with one attached hydrogen (secondary N) is 1. The Labute approximate surface area is 108 Å². The Kier molecular flexibility index (Phi) is 4.90. The van der Waals surface area contributed by atoms with E-state index in [4.69, 9.17) is 5.26 Å². The van der Waals surface area contributed by atoms with Crippen LogP contribution >= 0.6 is 0 Å². The van der Waals surface area contributed by atoms with Gasteiger partial charge in [-0.3, -0.25) is 9.48 Å². The minimum absolute atomic E-state index is 0.230. The van der Waals surface area contributed by atoms with Gasteiger partial charge in [0.1, 0.15) is 5.92 Å². The lowest BCUT2D eigenvalue weighted by Gasteiger charge is -2.10. The van der Waals surface area contributed by atoms with Crippen LogP contribution in [0.2, 0.25) is 0 Å². The van der Waals surface area contributed by atoms with Crippen LogP contribution < -0.4 is 5.32 Å². The first-order chi connectivity index (χ1) is 8.49. The van der Waals surface area contributed by atoms with Crippen LogP contribution in [0.25, 0.3) is 0 Å². The average Bonchev–Trinajstić information content (AvgIpc) is 2.67. The van der Waals surface area contributed by atoms with Gasteiger partial charge in [0.25, 0.3) is 0 Å². The fraction of sp³-hybridized carbons (Fsp3) is 0.615. The molecule has 5 heteroatoms. The van der Waals surface area contributed by atoms with Crippen LogP contribution in [0.4, 0.5) is 5.69 Å². The minimum Gasteiger partial charge on any atom is -0.322 e. The molecule has 0 fully saturated rings. The first kappa shape index (κ1) is 14.2. The normalized spacial score (nSPS) is 12.2. The summed E-state index contributed by atoms with van der Waals surface area (Å²) in [5, 5.41) is 16.1. The zero-order valence-corrected chi connectivity index (χ0v) is 11.4. The van der Waals surface area contributed by atoms with Crippen molar-refractivity contribution in [1.82, 2.24) is 9.78 Å². The van der Waals surface area contributed by atoms with E-state index < -0.39 is 5.92 Å². The summed E-state index contributed by atoms with van der Waals surface area (Å²) >= 11 is 0. The molecule has 0 aliphatic rings. The number of hydrogen-bond donors (Lipinski definition) is 1. The fourth-order valence-corrected chi connectivity index (χ4v) is 1.79. The second-order valence-corrected chi connectivity index (χ2v) is 4.72. The number of aromatic nitrogens is 2. The Balaban J connectivity index is 2.84. The van der Waals surface area contributed by atoms with Gasteiger partial charge in [-0.25, -0.2) is 0 Å². The third-order valence-corrected chi connectivity index (χ3v) is 2.71. The molecule has 0 spiro atoms. The van der Waals surface area contributed by atoms with E-state index in [1.165, 1.54) is 0 Å². The molecule has 5 nitrogen and oxygen atoms in total. The van der Waals surface area contributed by atoms with Gasteiger partial charge in [0.05, 0.1) is 17.5 Å². The Hall–Kier alpha value is -1.83.